The van der Waals surface area contributed by atoms with E-state index < -0.39 is 16.9 Å². The number of nitrogens with two attached hydrogens (primary N) is 1. The molecule has 0 radical (unpaired) electrons. The minimum atomic E-state index is -0.751. The van der Waals surface area contributed by atoms with Crippen LogP contribution < -0.4 is 16.4 Å². The number of nitro benzene ring substituents is 1. The minimum Gasteiger partial charge on any atom is -0.368 e. The minimum absolute atomic E-state index is 0.0373. The van der Waals surface area contributed by atoms with Gasteiger partial charge < -0.3 is 16.4 Å². The third kappa shape index (κ3) is 4.44. The molecule has 0 aromatic heterocycles. The number of amides is 2. The van der Waals surface area contributed by atoms with Crippen LogP contribution in [0.25, 0.3) is 0 Å². The number of hydrogen-bond donors (Lipinski definition) is 3. The Balaban J connectivity index is 2.94. The zero-order chi connectivity index (χ0) is 16.0. The highest BCUT2D eigenvalue weighted by Gasteiger charge is 2.20. The molecule has 0 aliphatic rings. The maximum atomic E-state index is 11.7. The average Bonchev–Trinajstić information content (AvgIpc) is 2.44. The molecule has 21 heavy (non-hydrogen) atoms. The van der Waals surface area contributed by atoms with Gasteiger partial charge in [-0.2, -0.15) is 0 Å². The summed E-state index contributed by atoms with van der Waals surface area (Å²) in [5, 5.41) is 16.5. The molecule has 8 heteroatoms. The number of carbonyl (C=O) groups is 2. The molecular weight excluding hydrogens is 276 g/mol. The standard InChI is InChI=1S/C13H18N4O4/c1-3-6-15-13(19)8(2)16-10-5-4-9(12(14)18)7-11(10)17(20)21/h4-5,7-8,16H,3,6H2,1-2H3,(H2,14,18)(H,15,19). The summed E-state index contributed by atoms with van der Waals surface area (Å²) in [5.41, 5.74) is 4.98. The average molecular weight is 294 g/mol. The molecule has 4 N–H and O–H groups in total. The molecule has 1 unspecified atom stereocenters. The molecule has 0 saturated heterocycles. The SMILES string of the molecule is CCCNC(=O)C(C)Nc1ccc(C(N)=O)cc1[N+](=O)[O-]. The summed E-state index contributed by atoms with van der Waals surface area (Å²) >= 11 is 0. The normalized spacial score (nSPS) is 11.5. The maximum absolute atomic E-state index is 11.7. The van der Waals surface area contributed by atoms with Gasteiger partial charge in [-0.3, -0.25) is 19.7 Å². The zero-order valence-corrected chi connectivity index (χ0v) is 11.9. The van der Waals surface area contributed by atoms with Crippen LogP contribution >= 0.6 is 0 Å². The molecule has 1 atom stereocenters. The molecule has 1 aromatic carbocycles. The molecule has 1 aromatic rings. The lowest BCUT2D eigenvalue weighted by atomic mass is 10.1. The van der Waals surface area contributed by atoms with Crippen LogP contribution in [0.1, 0.15) is 30.6 Å². The molecule has 0 saturated carbocycles. The summed E-state index contributed by atoms with van der Waals surface area (Å²) in [4.78, 5) is 33.2. The van der Waals surface area contributed by atoms with Crippen LogP contribution in [0.2, 0.25) is 0 Å². The third-order valence-corrected chi connectivity index (χ3v) is 2.79. The van der Waals surface area contributed by atoms with Crippen LogP contribution in [0.3, 0.4) is 0 Å². The van der Waals surface area contributed by atoms with Crippen LogP contribution in [0.4, 0.5) is 11.4 Å². The van der Waals surface area contributed by atoms with Crippen LogP contribution in [0.5, 0.6) is 0 Å². The summed E-state index contributed by atoms with van der Waals surface area (Å²) < 4.78 is 0. The van der Waals surface area contributed by atoms with Gasteiger partial charge in [-0.15, -0.1) is 0 Å². The van der Waals surface area contributed by atoms with Crippen molar-refractivity contribution in [2.75, 3.05) is 11.9 Å². The van der Waals surface area contributed by atoms with Crippen LogP contribution in [-0.4, -0.2) is 29.3 Å². The van der Waals surface area contributed by atoms with Crippen molar-refractivity contribution < 1.29 is 14.5 Å². The first kappa shape index (κ1) is 16.4. The highest BCUT2D eigenvalue weighted by Crippen LogP contribution is 2.26. The summed E-state index contributed by atoms with van der Waals surface area (Å²) in [7, 11) is 0. The Morgan fingerprint density at radius 3 is 2.62 bits per heavy atom. The lowest BCUT2D eigenvalue weighted by Crippen LogP contribution is -2.38. The van der Waals surface area contributed by atoms with Crippen molar-refractivity contribution in [3.63, 3.8) is 0 Å². The Morgan fingerprint density at radius 1 is 1.43 bits per heavy atom. The number of nitrogens with zero attached hydrogens (tertiary/aromatic N) is 1. The molecular formula is C13H18N4O4. The fourth-order valence-corrected chi connectivity index (χ4v) is 1.66. The first-order valence-electron chi connectivity index (χ1n) is 6.49. The smallest absolute Gasteiger partial charge is 0.293 e. The molecule has 2 amide bonds. The lowest BCUT2D eigenvalue weighted by Gasteiger charge is -2.15. The second-order valence-electron chi connectivity index (χ2n) is 4.51. The monoisotopic (exact) mass is 294 g/mol. The van der Waals surface area contributed by atoms with E-state index in [4.69, 9.17) is 5.73 Å². The summed E-state index contributed by atoms with van der Waals surface area (Å²) in [6.45, 7) is 4.05. The molecule has 0 fully saturated rings. The maximum Gasteiger partial charge on any atom is 0.293 e. The summed E-state index contributed by atoms with van der Waals surface area (Å²) in [6, 6.07) is 3.17. The predicted molar refractivity (Wildman–Crippen MR) is 78.0 cm³/mol. The van der Waals surface area contributed by atoms with Crippen LogP contribution in [0.15, 0.2) is 18.2 Å². The second-order valence-corrected chi connectivity index (χ2v) is 4.51. The highest BCUT2D eigenvalue weighted by molar-refractivity contribution is 5.94. The molecule has 0 bridgehead atoms. The quantitative estimate of drug-likeness (QED) is 0.511. The molecule has 1 rings (SSSR count). The number of rotatable bonds is 7. The topological polar surface area (TPSA) is 127 Å². The second kappa shape index (κ2) is 7.22. The van der Waals surface area contributed by atoms with Crippen molar-refractivity contribution in [2.24, 2.45) is 5.73 Å². The first-order valence-corrected chi connectivity index (χ1v) is 6.49. The number of hydrogen-bond acceptors (Lipinski definition) is 5. The molecule has 8 nitrogen and oxygen atoms in total. The number of benzene rings is 1. The lowest BCUT2D eigenvalue weighted by molar-refractivity contribution is -0.384. The van der Waals surface area contributed by atoms with E-state index in [-0.39, 0.29) is 22.8 Å². The number of anilines is 1. The van der Waals surface area contributed by atoms with Gasteiger partial charge in [0.1, 0.15) is 11.7 Å². The zero-order valence-electron chi connectivity index (χ0n) is 11.9. The molecule has 0 spiro atoms. The van der Waals surface area contributed by atoms with E-state index in [1.807, 2.05) is 6.92 Å². The van der Waals surface area contributed by atoms with Crippen molar-refractivity contribution in [3.8, 4) is 0 Å². The number of carbonyl (C=O) groups excluding carboxylic acids is 2. The van der Waals surface area contributed by atoms with Gasteiger partial charge in [0.25, 0.3) is 5.69 Å². The van der Waals surface area contributed by atoms with Crippen molar-refractivity contribution in [1.82, 2.24) is 5.32 Å². The molecule has 0 aliphatic carbocycles. The van der Waals surface area contributed by atoms with Crippen molar-refractivity contribution in [2.45, 2.75) is 26.3 Å². The first-order chi connectivity index (χ1) is 9.86. The van der Waals surface area contributed by atoms with E-state index in [1.165, 1.54) is 12.1 Å². The van der Waals surface area contributed by atoms with Crippen molar-refractivity contribution >= 4 is 23.2 Å². The molecule has 0 aliphatic heterocycles. The van der Waals surface area contributed by atoms with E-state index in [9.17, 15) is 19.7 Å². The molecule has 114 valence electrons. The summed E-state index contributed by atoms with van der Waals surface area (Å²) in [6.07, 6.45) is 0.798. The Morgan fingerprint density at radius 2 is 2.10 bits per heavy atom. The van der Waals surface area contributed by atoms with Gasteiger partial charge in [0.2, 0.25) is 11.8 Å². The van der Waals surface area contributed by atoms with Gasteiger partial charge >= 0.3 is 0 Å². The van der Waals surface area contributed by atoms with E-state index in [1.54, 1.807) is 6.92 Å². The Bertz CT molecular complexity index is 559. The number of primary amides is 1. The van der Waals surface area contributed by atoms with Gasteiger partial charge in [-0.1, -0.05) is 6.92 Å². The van der Waals surface area contributed by atoms with Gasteiger partial charge in [0.05, 0.1) is 4.92 Å². The Hall–Kier alpha value is -2.64. The van der Waals surface area contributed by atoms with Gasteiger partial charge in [-0.05, 0) is 25.5 Å². The van der Waals surface area contributed by atoms with Gasteiger partial charge in [-0.25, -0.2) is 0 Å². The van der Waals surface area contributed by atoms with Gasteiger partial charge in [0.15, 0.2) is 0 Å². The highest BCUT2D eigenvalue weighted by atomic mass is 16.6. The van der Waals surface area contributed by atoms with E-state index >= 15 is 0 Å². The van der Waals surface area contributed by atoms with E-state index in [0.717, 1.165) is 12.5 Å². The summed E-state index contributed by atoms with van der Waals surface area (Å²) in [5.74, 6) is -1.01. The molecule has 0 heterocycles. The number of nitrogens with one attached hydrogen (secondary N) is 2. The fraction of sp³-hybridized carbons (Fsp3) is 0.385. The van der Waals surface area contributed by atoms with Gasteiger partial charge in [0, 0.05) is 18.2 Å². The Kier molecular flexibility index (Phi) is 5.65. The largest absolute Gasteiger partial charge is 0.368 e. The number of nitro groups is 1. The fourth-order valence-electron chi connectivity index (χ4n) is 1.66. The van der Waals surface area contributed by atoms with Crippen LogP contribution in [0, 0.1) is 10.1 Å². The van der Waals surface area contributed by atoms with Crippen LogP contribution in [-0.2, 0) is 4.79 Å². The predicted octanol–water partition coefficient (Wildman–Crippen LogP) is 1.02. The van der Waals surface area contributed by atoms with Crippen molar-refractivity contribution in [1.29, 1.82) is 0 Å². The Labute approximate surface area is 121 Å². The third-order valence-electron chi connectivity index (χ3n) is 2.79. The van der Waals surface area contributed by atoms with E-state index in [0.29, 0.717) is 6.54 Å². The van der Waals surface area contributed by atoms with E-state index in [2.05, 4.69) is 10.6 Å². The van der Waals surface area contributed by atoms with Crippen molar-refractivity contribution in [3.05, 3.63) is 33.9 Å².